The number of nitrogens with one attached hydrogen (secondary N) is 2. The van der Waals surface area contributed by atoms with E-state index in [2.05, 4.69) is 15.3 Å². The highest BCUT2D eigenvalue weighted by Crippen LogP contribution is 2.35. The molecule has 0 aliphatic heterocycles. The standard InChI is InChI=1S/C15H16ClN3O4S/c1-22-11-5-9(12(23-2)4-8(11)16)18-15(21)10-6-14(20)19-13(17-10)7-24-3/h4-6H,7H2,1-3H3,(H,18,21)(H,17,19,20). The van der Waals surface area contributed by atoms with E-state index in [0.717, 1.165) is 6.07 Å². The molecule has 0 bridgehead atoms. The Labute approximate surface area is 147 Å². The first-order valence-electron chi connectivity index (χ1n) is 6.80. The normalized spacial score (nSPS) is 10.3. The van der Waals surface area contributed by atoms with Gasteiger partial charge in [0.2, 0.25) is 0 Å². The van der Waals surface area contributed by atoms with Gasteiger partial charge in [-0.15, -0.1) is 0 Å². The van der Waals surface area contributed by atoms with Crippen LogP contribution in [0.25, 0.3) is 0 Å². The van der Waals surface area contributed by atoms with E-state index in [-0.39, 0.29) is 11.3 Å². The molecule has 1 aromatic carbocycles. The molecule has 1 heterocycles. The first-order chi connectivity index (χ1) is 11.5. The lowest BCUT2D eigenvalue weighted by atomic mass is 10.2. The van der Waals surface area contributed by atoms with Crippen molar-refractivity contribution in [2.24, 2.45) is 0 Å². The molecule has 0 radical (unpaired) electrons. The molecule has 2 aromatic rings. The van der Waals surface area contributed by atoms with Gasteiger partial charge < -0.3 is 19.8 Å². The van der Waals surface area contributed by atoms with E-state index >= 15 is 0 Å². The van der Waals surface area contributed by atoms with Gasteiger partial charge in [-0.05, 0) is 6.26 Å². The SMILES string of the molecule is COc1cc(NC(=O)c2cc(=O)[nH]c(CSC)n2)c(OC)cc1Cl. The van der Waals surface area contributed by atoms with Crippen molar-refractivity contribution in [1.29, 1.82) is 0 Å². The summed E-state index contributed by atoms with van der Waals surface area (Å²) in [6.07, 6.45) is 1.87. The highest BCUT2D eigenvalue weighted by molar-refractivity contribution is 7.97. The summed E-state index contributed by atoms with van der Waals surface area (Å²) in [5, 5.41) is 3.00. The molecule has 1 aromatic heterocycles. The molecule has 0 saturated carbocycles. The molecule has 0 atom stereocenters. The first-order valence-corrected chi connectivity index (χ1v) is 8.57. The molecule has 0 spiro atoms. The average molecular weight is 370 g/mol. The van der Waals surface area contributed by atoms with Gasteiger partial charge in [-0.2, -0.15) is 11.8 Å². The van der Waals surface area contributed by atoms with E-state index in [9.17, 15) is 9.59 Å². The number of amides is 1. The molecule has 9 heteroatoms. The van der Waals surface area contributed by atoms with Gasteiger partial charge in [0.15, 0.2) is 0 Å². The van der Waals surface area contributed by atoms with Crippen molar-refractivity contribution in [1.82, 2.24) is 9.97 Å². The first kappa shape index (κ1) is 18.2. The Morgan fingerprint density at radius 2 is 2.00 bits per heavy atom. The maximum Gasteiger partial charge on any atom is 0.274 e. The number of halogens is 1. The Kier molecular flexibility index (Phi) is 6.10. The number of hydrogen-bond donors (Lipinski definition) is 2. The van der Waals surface area contributed by atoms with Crippen LogP contribution in [-0.2, 0) is 5.75 Å². The van der Waals surface area contributed by atoms with Gasteiger partial charge >= 0.3 is 0 Å². The number of thioether (sulfide) groups is 1. The zero-order valence-electron chi connectivity index (χ0n) is 13.3. The molecule has 24 heavy (non-hydrogen) atoms. The molecule has 2 N–H and O–H groups in total. The van der Waals surface area contributed by atoms with Crippen molar-refractivity contribution in [3.8, 4) is 11.5 Å². The van der Waals surface area contributed by atoms with Crippen LogP contribution in [0.5, 0.6) is 11.5 Å². The van der Waals surface area contributed by atoms with E-state index < -0.39 is 5.91 Å². The monoisotopic (exact) mass is 369 g/mol. The van der Waals surface area contributed by atoms with Gasteiger partial charge in [-0.1, -0.05) is 11.6 Å². The van der Waals surface area contributed by atoms with Crippen LogP contribution < -0.4 is 20.3 Å². The number of benzene rings is 1. The third kappa shape index (κ3) is 4.21. The smallest absolute Gasteiger partial charge is 0.274 e. The lowest BCUT2D eigenvalue weighted by Gasteiger charge is -2.13. The predicted octanol–water partition coefficient (Wildman–Crippen LogP) is 2.56. The minimum absolute atomic E-state index is 0.0127. The number of hydrogen-bond acceptors (Lipinski definition) is 6. The van der Waals surface area contributed by atoms with Gasteiger partial charge in [0.05, 0.1) is 30.7 Å². The average Bonchev–Trinajstić information content (AvgIpc) is 2.55. The minimum atomic E-state index is -0.536. The van der Waals surface area contributed by atoms with E-state index in [4.69, 9.17) is 21.1 Å². The highest BCUT2D eigenvalue weighted by Gasteiger charge is 2.15. The summed E-state index contributed by atoms with van der Waals surface area (Å²) in [6, 6.07) is 4.20. The van der Waals surface area contributed by atoms with Crippen molar-refractivity contribution in [3.63, 3.8) is 0 Å². The van der Waals surface area contributed by atoms with Crippen LogP contribution in [0, 0.1) is 0 Å². The van der Waals surface area contributed by atoms with Crippen LogP contribution in [0.3, 0.4) is 0 Å². The number of carbonyl (C=O) groups is 1. The largest absolute Gasteiger partial charge is 0.495 e. The molecule has 0 unspecified atom stereocenters. The van der Waals surface area contributed by atoms with Crippen molar-refractivity contribution >= 4 is 35.0 Å². The van der Waals surface area contributed by atoms with Gasteiger partial charge in [0.1, 0.15) is 23.0 Å². The van der Waals surface area contributed by atoms with Crippen LogP contribution in [0.15, 0.2) is 23.0 Å². The van der Waals surface area contributed by atoms with E-state index in [1.54, 1.807) is 0 Å². The van der Waals surface area contributed by atoms with Crippen LogP contribution in [0.4, 0.5) is 5.69 Å². The zero-order valence-corrected chi connectivity index (χ0v) is 14.9. The Balaban J connectivity index is 2.34. The summed E-state index contributed by atoms with van der Waals surface area (Å²) >= 11 is 7.52. The van der Waals surface area contributed by atoms with Gasteiger partial charge in [-0.3, -0.25) is 9.59 Å². The number of aromatic amines is 1. The lowest BCUT2D eigenvalue weighted by molar-refractivity contribution is 0.102. The quantitative estimate of drug-likeness (QED) is 0.812. The topological polar surface area (TPSA) is 93.3 Å². The molecule has 1 amide bonds. The Bertz CT molecular complexity index is 810. The molecule has 0 saturated heterocycles. The van der Waals surface area contributed by atoms with E-state index in [1.165, 1.54) is 38.1 Å². The second kappa shape index (κ2) is 8.07. The molecular weight excluding hydrogens is 354 g/mol. The van der Waals surface area contributed by atoms with E-state index in [1.807, 2.05) is 6.26 Å². The third-order valence-corrected chi connectivity index (χ3v) is 3.88. The highest BCUT2D eigenvalue weighted by atomic mass is 35.5. The fourth-order valence-electron chi connectivity index (χ4n) is 1.97. The minimum Gasteiger partial charge on any atom is -0.495 e. The van der Waals surface area contributed by atoms with Crippen molar-refractivity contribution in [3.05, 3.63) is 45.1 Å². The number of methoxy groups -OCH3 is 2. The number of carbonyl (C=O) groups excluding carboxylic acids is 1. The maximum absolute atomic E-state index is 12.4. The second-order valence-corrected chi connectivity index (χ2v) is 5.92. The van der Waals surface area contributed by atoms with Crippen molar-refractivity contribution in [2.45, 2.75) is 5.75 Å². The summed E-state index contributed by atoms with van der Waals surface area (Å²) in [5.74, 6) is 1.14. The van der Waals surface area contributed by atoms with Crippen molar-refractivity contribution in [2.75, 3.05) is 25.8 Å². The molecule has 128 valence electrons. The fraction of sp³-hybridized carbons (Fsp3) is 0.267. The van der Waals surface area contributed by atoms with Gasteiger partial charge in [0.25, 0.3) is 11.5 Å². The maximum atomic E-state index is 12.4. The fourth-order valence-corrected chi connectivity index (χ4v) is 2.61. The molecule has 0 aliphatic rings. The third-order valence-electron chi connectivity index (χ3n) is 3.03. The Hall–Kier alpha value is -2.19. The number of rotatable bonds is 6. The Morgan fingerprint density at radius 3 is 2.62 bits per heavy atom. The summed E-state index contributed by atoms with van der Waals surface area (Å²) in [5.41, 5.74) is -0.0177. The molecular formula is C15H16ClN3O4S. The van der Waals surface area contributed by atoms with Crippen LogP contribution in [-0.4, -0.2) is 36.4 Å². The van der Waals surface area contributed by atoms with E-state index in [0.29, 0.717) is 33.8 Å². The van der Waals surface area contributed by atoms with Crippen LogP contribution in [0.1, 0.15) is 16.3 Å². The zero-order chi connectivity index (χ0) is 17.7. The summed E-state index contributed by atoms with van der Waals surface area (Å²) in [4.78, 5) is 30.8. The second-order valence-electron chi connectivity index (χ2n) is 4.65. The number of H-pyrrole nitrogens is 1. The number of nitrogens with zero attached hydrogens (tertiary/aromatic N) is 1. The van der Waals surface area contributed by atoms with Crippen LogP contribution in [0.2, 0.25) is 5.02 Å². The summed E-state index contributed by atoms with van der Waals surface area (Å²) in [7, 11) is 2.92. The summed E-state index contributed by atoms with van der Waals surface area (Å²) < 4.78 is 10.3. The van der Waals surface area contributed by atoms with Gasteiger partial charge in [-0.25, -0.2) is 4.98 Å². The van der Waals surface area contributed by atoms with Crippen LogP contribution >= 0.6 is 23.4 Å². The van der Waals surface area contributed by atoms with Crippen molar-refractivity contribution < 1.29 is 14.3 Å². The van der Waals surface area contributed by atoms with Gasteiger partial charge in [0, 0.05) is 18.2 Å². The summed E-state index contributed by atoms with van der Waals surface area (Å²) in [6.45, 7) is 0. The molecule has 0 aliphatic carbocycles. The predicted molar refractivity (Wildman–Crippen MR) is 94.6 cm³/mol. The lowest BCUT2D eigenvalue weighted by Crippen LogP contribution is -2.20. The molecule has 2 rings (SSSR count). The molecule has 7 nitrogen and oxygen atoms in total. The molecule has 0 fully saturated rings. The number of anilines is 1. The number of ether oxygens (including phenoxy) is 2. The Morgan fingerprint density at radius 1 is 1.29 bits per heavy atom. The number of aromatic nitrogens is 2.